The molecule has 0 amide bonds. The van der Waals surface area contributed by atoms with Crippen LogP contribution in [0.1, 0.15) is 11.3 Å². The Bertz CT molecular complexity index is 549. The van der Waals surface area contributed by atoms with Gasteiger partial charge in [-0.15, -0.1) is 0 Å². The summed E-state index contributed by atoms with van der Waals surface area (Å²) in [6, 6.07) is 3.84. The molecule has 5 heteroatoms. The molecule has 0 aliphatic heterocycles. The van der Waals surface area contributed by atoms with Crippen LogP contribution in [-0.4, -0.2) is 22.6 Å². The van der Waals surface area contributed by atoms with Crippen molar-refractivity contribution in [1.29, 1.82) is 0 Å². The molecule has 0 bridgehead atoms. The average molecular weight is 246 g/mol. The van der Waals surface area contributed by atoms with Gasteiger partial charge in [-0.3, -0.25) is 4.79 Å². The molecule has 0 atom stereocenters. The predicted molar refractivity (Wildman–Crippen MR) is 64.7 cm³/mol. The number of carbonyl (C=O) groups is 1. The molecular weight excluding hydrogens is 230 g/mol. The van der Waals surface area contributed by atoms with Gasteiger partial charge < -0.3 is 9.30 Å². The minimum atomic E-state index is -0.228. The first kappa shape index (κ1) is 12.3. The first-order valence-electron chi connectivity index (χ1n) is 5.69. The average Bonchev–Trinajstić information content (AvgIpc) is 2.75. The second-order valence-corrected chi connectivity index (χ2v) is 4.13. The molecule has 5 nitrogen and oxygen atoms in total. The highest BCUT2D eigenvalue weighted by Crippen LogP contribution is 1.99. The summed E-state index contributed by atoms with van der Waals surface area (Å²) in [4.78, 5) is 15.3. The molecular formula is C13H16N3O2+. The van der Waals surface area contributed by atoms with Crippen LogP contribution in [0.5, 0.6) is 0 Å². The summed E-state index contributed by atoms with van der Waals surface area (Å²) in [5, 5.41) is 0. The zero-order valence-corrected chi connectivity index (χ0v) is 10.5. The van der Waals surface area contributed by atoms with Crippen molar-refractivity contribution in [2.75, 3.05) is 7.11 Å². The van der Waals surface area contributed by atoms with Crippen LogP contribution < -0.4 is 4.57 Å². The van der Waals surface area contributed by atoms with Crippen molar-refractivity contribution in [3.8, 4) is 0 Å². The molecule has 0 N–H and O–H groups in total. The number of aryl methyl sites for hydroxylation is 1. The Kier molecular flexibility index (Phi) is 3.72. The van der Waals surface area contributed by atoms with E-state index < -0.39 is 0 Å². The number of methoxy groups -OCH3 is 1. The second kappa shape index (κ2) is 5.44. The summed E-state index contributed by atoms with van der Waals surface area (Å²) < 4.78 is 8.65. The highest BCUT2D eigenvalue weighted by Gasteiger charge is 2.09. The Hall–Kier alpha value is -2.17. The molecule has 2 aromatic heterocycles. The Morgan fingerprint density at radius 1 is 1.56 bits per heavy atom. The molecule has 94 valence electrons. The van der Waals surface area contributed by atoms with E-state index in [1.54, 1.807) is 6.33 Å². The molecule has 0 saturated heterocycles. The predicted octanol–water partition coefficient (Wildman–Crippen LogP) is 0.471. The van der Waals surface area contributed by atoms with Gasteiger partial charge in [0.05, 0.1) is 26.1 Å². The van der Waals surface area contributed by atoms with Crippen LogP contribution in [0.4, 0.5) is 0 Å². The molecule has 0 spiro atoms. The highest BCUT2D eigenvalue weighted by atomic mass is 16.5. The molecule has 0 unspecified atom stereocenters. The highest BCUT2D eigenvalue weighted by molar-refractivity contribution is 5.72. The van der Waals surface area contributed by atoms with Crippen LogP contribution in [0.15, 0.2) is 37.1 Å². The molecule has 2 aromatic rings. The number of esters is 1. The van der Waals surface area contributed by atoms with E-state index >= 15 is 0 Å². The number of imidazole rings is 1. The zero-order chi connectivity index (χ0) is 13.0. The Labute approximate surface area is 106 Å². The van der Waals surface area contributed by atoms with Crippen LogP contribution in [0.25, 0.3) is 0 Å². The minimum Gasteiger partial charge on any atom is -0.469 e. The normalized spacial score (nSPS) is 10.3. The smallest absolute Gasteiger partial charge is 0.310 e. The van der Waals surface area contributed by atoms with Gasteiger partial charge in [0.1, 0.15) is 5.69 Å². The van der Waals surface area contributed by atoms with E-state index in [1.165, 1.54) is 7.11 Å². The van der Waals surface area contributed by atoms with Crippen molar-refractivity contribution < 1.29 is 14.1 Å². The number of carbonyl (C=O) groups excluding carboxylic acids is 1. The largest absolute Gasteiger partial charge is 0.469 e. The van der Waals surface area contributed by atoms with Gasteiger partial charge in [0.15, 0.2) is 18.9 Å². The fourth-order valence-electron chi connectivity index (χ4n) is 1.74. The van der Waals surface area contributed by atoms with E-state index in [4.69, 9.17) is 0 Å². The maximum Gasteiger partial charge on any atom is 0.310 e. The SMILES string of the molecule is COC(=O)Cc1ccc[n+](Cc2cncn2C)c1. The van der Waals surface area contributed by atoms with Crippen molar-refractivity contribution in [3.63, 3.8) is 0 Å². The molecule has 0 saturated carbocycles. The first-order chi connectivity index (χ1) is 8.69. The number of rotatable bonds is 4. The molecule has 0 fully saturated rings. The van der Waals surface area contributed by atoms with E-state index in [0.29, 0.717) is 6.42 Å². The fourth-order valence-corrected chi connectivity index (χ4v) is 1.74. The Morgan fingerprint density at radius 3 is 3.06 bits per heavy atom. The lowest BCUT2D eigenvalue weighted by Crippen LogP contribution is -2.35. The maximum atomic E-state index is 11.2. The van der Waals surface area contributed by atoms with Crippen LogP contribution >= 0.6 is 0 Å². The standard InChI is InChI=1S/C13H16N3O2/c1-15-10-14-7-12(15)9-16-5-3-4-11(8-16)6-13(17)18-2/h3-5,7-8,10H,6,9H2,1-2H3/q+1. The summed E-state index contributed by atoms with van der Waals surface area (Å²) in [6.45, 7) is 0.728. The third-order valence-electron chi connectivity index (χ3n) is 2.76. The van der Waals surface area contributed by atoms with E-state index in [0.717, 1.165) is 17.8 Å². The third kappa shape index (κ3) is 2.94. The van der Waals surface area contributed by atoms with Gasteiger partial charge in [-0.1, -0.05) is 0 Å². The number of hydrogen-bond donors (Lipinski definition) is 0. The van der Waals surface area contributed by atoms with E-state index in [-0.39, 0.29) is 5.97 Å². The van der Waals surface area contributed by atoms with Crippen LogP contribution in [0.2, 0.25) is 0 Å². The van der Waals surface area contributed by atoms with Gasteiger partial charge in [-0.25, -0.2) is 4.98 Å². The van der Waals surface area contributed by atoms with Crippen molar-refractivity contribution in [2.24, 2.45) is 7.05 Å². The summed E-state index contributed by atoms with van der Waals surface area (Å²) in [6.07, 6.45) is 7.81. The third-order valence-corrected chi connectivity index (χ3v) is 2.76. The molecule has 18 heavy (non-hydrogen) atoms. The van der Waals surface area contributed by atoms with Gasteiger partial charge >= 0.3 is 5.97 Å². The first-order valence-corrected chi connectivity index (χ1v) is 5.69. The lowest BCUT2D eigenvalue weighted by molar-refractivity contribution is -0.689. The molecule has 0 aliphatic carbocycles. The summed E-state index contributed by atoms with van der Waals surface area (Å²) in [5.74, 6) is -0.228. The summed E-state index contributed by atoms with van der Waals surface area (Å²) >= 11 is 0. The number of nitrogens with zero attached hydrogens (tertiary/aromatic N) is 3. The number of aromatic nitrogens is 3. The number of pyridine rings is 1. The Balaban J connectivity index is 2.12. The minimum absolute atomic E-state index is 0.228. The zero-order valence-electron chi connectivity index (χ0n) is 10.5. The lowest BCUT2D eigenvalue weighted by Gasteiger charge is -2.01. The van der Waals surface area contributed by atoms with E-state index in [1.807, 2.05) is 46.9 Å². The number of hydrogen-bond acceptors (Lipinski definition) is 3. The maximum absolute atomic E-state index is 11.2. The van der Waals surface area contributed by atoms with Crippen LogP contribution in [0.3, 0.4) is 0 Å². The van der Waals surface area contributed by atoms with Crippen LogP contribution in [-0.2, 0) is 29.5 Å². The monoisotopic (exact) mass is 246 g/mol. The summed E-state index contributed by atoms with van der Waals surface area (Å²) in [7, 11) is 3.36. The summed E-state index contributed by atoms with van der Waals surface area (Å²) in [5.41, 5.74) is 2.04. The lowest BCUT2D eigenvalue weighted by atomic mass is 10.2. The fraction of sp³-hybridized carbons (Fsp3) is 0.308. The van der Waals surface area contributed by atoms with Crippen molar-refractivity contribution in [1.82, 2.24) is 9.55 Å². The Morgan fingerprint density at radius 2 is 2.39 bits per heavy atom. The van der Waals surface area contributed by atoms with Crippen molar-refractivity contribution in [3.05, 3.63) is 48.3 Å². The van der Waals surface area contributed by atoms with E-state index in [2.05, 4.69) is 9.72 Å². The van der Waals surface area contributed by atoms with Gasteiger partial charge in [-0.2, -0.15) is 4.57 Å². The van der Waals surface area contributed by atoms with Crippen molar-refractivity contribution >= 4 is 5.97 Å². The van der Waals surface area contributed by atoms with Gasteiger partial charge in [-0.05, 0) is 6.07 Å². The number of ether oxygens (including phenoxy) is 1. The second-order valence-electron chi connectivity index (χ2n) is 4.13. The molecule has 0 aromatic carbocycles. The van der Waals surface area contributed by atoms with Gasteiger partial charge in [0.2, 0.25) is 0 Å². The topological polar surface area (TPSA) is 48.0 Å². The molecule has 2 heterocycles. The van der Waals surface area contributed by atoms with Crippen LogP contribution in [0, 0.1) is 0 Å². The van der Waals surface area contributed by atoms with Gasteiger partial charge in [0, 0.05) is 18.7 Å². The molecule has 2 rings (SSSR count). The van der Waals surface area contributed by atoms with E-state index in [9.17, 15) is 4.79 Å². The quantitative estimate of drug-likeness (QED) is 0.582. The van der Waals surface area contributed by atoms with Crippen molar-refractivity contribution in [2.45, 2.75) is 13.0 Å². The molecule has 0 radical (unpaired) electrons. The molecule has 0 aliphatic rings. The van der Waals surface area contributed by atoms with Gasteiger partial charge in [0.25, 0.3) is 0 Å².